The lowest BCUT2D eigenvalue weighted by molar-refractivity contribution is 0.340. The van der Waals surface area contributed by atoms with E-state index in [1.165, 1.54) is 0 Å². The molecule has 0 bridgehead atoms. The summed E-state index contributed by atoms with van der Waals surface area (Å²) < 4.78 is 7.57. The molecule has 0 atom stereocenters. The molecule has 0 unspecified atom stereocenters. The van der Waals surface area contributed by atoms with Gasteiger partial charge in [-0.3, -0.25) is 4.57 Å². The molecule has 0 saturated heterocycles. The number of fused-ring (bicyclic) bond motifs is 1. The van der Waals surface area contributed by atoms with Gasteiger partial charge < -0.3 is 4.74 Å². The van der Waals surface area contributed by atoms with Crippen LogP contribution >= 0.6 is 23.2 Å². The zero-order valence-electron chi connectivity index (χ0n) is 11.5. The number of halogens is 2. The summed E-state index contributed by atoms with van der Waals surface area (Å²) in [5.41, 5.74) is 2.66. The maximum absolute atomic E-state index is 6.22. The Kier molecular flexibility index (Phi) is 4.04. The van der Waals surface area contributed by atoms with Gasteiger partial charge in [0.15, 0.2) is 0 Å². The van der Waals surface area contributed by atoms with E-state index >= 15 is 0 Å². The summed E-state index contributed by atoms with van der Waals surface area (Å²) in [5.74, 6) is 1.89. The third-order valence-electron chi connectivity index (χ3n) is 3.21. The molecule has 0 amide bonds. The van der Waals surface area contributed by atoms with E-state index in [2.05, 4.69) is 4.98 Å². The number of imidazole rings is 1. The zero-order chi connectivity index (χ0) is 14.8. The van der Waals surface area contributed by atoms with Crippen molar-refractivity contribution in [1.82, 2.24) is 9.55 Å². The van der Waals surface area contributed by atoms with Gasteiger partial charge in [-0.1, -0.05) is 23.7 Å². The number of para-hydroxylation sites is 1. The fourth-order valence-electron chi connectivity index (χ4n) is 2.37. The van der Waals surface area contributed by atoms with Crippen molar-refractivity contribution >= 4 is 34.2 Å². The largest absolute Gasteiger partial charge is 0.494 e. The Bertz CT molecular complexity index is 783. The molecule has 1 heterocycles. The first-order valence-corrected chi connectivity index (χ1v) is 7.61. The number of rotatable bonds is 4. The van der Waals surface area contributed by atoms with E-state index in [1.54, 1.807) is 0 Å². The van der Waals surface area contributed by atoms with E-state index < -0.39 is 0 Å². The summed E-state index contributed by atoms with van der Waals surface area (Å²) in [6.07, 6.45) is 0. The first-order valence-electron chi connectivity index (χ1n) is 6.69. The van der Waals surface area contributed by atoms with Gasteiger partial charge in [0.1, 0.15) is 17.1 Å². The van der Waals surface area contributed by atoms with Crippen LogP contribution in [0.5, 0.6) is 5.75 Å². The zero-order valence-corrected chi connectivity index (χ0v) is 13.0. The lowest BCUT2D eigenvalue weighted by Crippen LogP contribution is -2.00. The van der Waals surface area contributed by atoms with Crippen LogP contribution in [-0.2, 0) is 5.88 Å². The van der Waals surface area contributed by atoms with Gasteiger partial charge in [0.2, 0.25) is 0 Å². The Morgan fingerprint density at radius 1 is 1.19 bits per heavy atom. The Morgan fingerprint density at radius 2 is 2.00 bits per heavy atom. The van der Waals surface area contributed by atoms with Gasteiger partial charge in [-0.2, -0.15) is 0 Å². The van der Waals surface area contributed by atoms with Crippen LogP contribution in [0, 0.1) is 0 Å². The minimum atomic E-state index is 0.309. The van der Waals surface area contributed by atoms with Crippen LogP contribution in [-0.4, -0.2) is 16.2 Å². The second kappa shape index (κ2) is 5.96. The Balaban J connectivity index is 2.23. The molecule has 0 fully saturated rings. The molecule has 0 aliphatic rings. The minimum Gasteiger partial charge on any atom is -0.494 e. The SMILES string of the molecule is CCOc1cccc(-n2c(CCl)nc3c(Cl)cccc32)c1. The molecule has 0 N–H and O–H groups in total. The molecule has 1 aromatic heterocycles. The van der Waals surface area contributed by atoms with E-state index in [0.29, 0.717) is 17.5 Å². The minimum absolute atomic E-state index is 0.309. The van der Waals surface area contributed by atoms with Crippen molar-refractivity contribution in [3.05, 3.63) is 53.3 Å². The van der Waals surface area contributed by atoms with Gasteiger partial charge in [0, 0.05) is 6.07 Å². The highest BCUT2D eigenvalue weighted by Crippen LogP contribution is 2.28. The summed E-state index contributed by atoms with van der Waals surface area (Å²) in [4.78, 5) is 4.54. The molecule has 0 saturated carbocycles. The van der Waals surface area contributed by atoms with Crippen LogP contribution in [0.3, 0.4) is 0 Å². The first kappa shape index (κ1) is 14.2. The van der Waals surface area contributed by atoms with Gasteiger partial charge >= 0.3 is 0 Å². The highest BCUT2D eigenvalue weighted by Gasteiger charge is 2.14. The average Bonchev–Trinajstić information content (AvgIpc) is 2.88. The Hall–Kier alpha value is -1.71. The highest BCUT2D eigenvalue weighted by atomic mass is 35.5. The lowest BCUT2D eigenvalue weighted by Gasteiger charge is -2.10. The van der Waals surface area contributed by atoms with Crippen molar-refractivity contribution < 1.29 is 4.74 Å². The molecular formula is C16H14Cl2N2O. The van der Waals surface area contributed by atoms with Gasteiger partial charge in [-0.15, -0.1) is 11.6 Å². The predicted molar refractivity (Wildman–Crippen MR) is 86.8 cm³/mol. The molecule has 0 radical (unpaired) electrons. The molecule has 21 heavy (non-hydrogen) atoms. The van der Waals surface area contributed by atoms with Crippen molar-refractivity contribution in [1.29, 1.82) is 0 Å². The molecule has 108 valence electrons. The van der Waals surface area contributed by atoms with Crippen molar-refractivity contribution in [3.63, 3.8) is 0 Å². The lowest BCUT2D eigenvalue weighted by atomic mass is 10.2. The van der Waals surface area contributed by atoms with E-state index in [1.807, 2.05) is 54.0 Å². The summed E-state index contributed by atoms with van der Waals surface area (Å²) in [5, 5.41) is 0.624. The molecule has 0 aliphatic heterocycles. The van der Waals surface area contributed by atoms with Crippen molar-refractivity contribution in [3.8, 4) is 11.4 Å². The van der Waals surface area contributed by atoms with Gasteiger partial charge in [0.05, 0.1) is 28.7 Å². The fraction of sp³-hybridized carbons (Fsp3) is 0.188. The molecule has 3 rings (SSSR count). The smallest absolute Gasteiger partial charge is 0.129 e. The van der Waals surface area contributed by atoms with Crippen molar-refractivity contribution in [2.24, 2.45) is 0 Å². The Labute approximate surface area is 133 Å². The van der Waals surface area contributed by atoms with E-state index in [0.717, 1.165) is 28.3 Å². The number of aromatic nitrogens is 2. The maximum Gasteiger partial charge on any atom is 0.129 e. The van der Waals surface area contributed by atoms with Crippen LogP contribution < -0.4 is 4.74 Å². The number of hydrogen-bond donors (Lipinski definition) is 0. The van der Waals surface area contributed by atoms with Crippen molar-refractivity contribution in [2.45, 2.75) is 12.8 Å². The molecule has 2 aromatic carbocycles. The second-order valence-electron chi connectivity index (χ2n) is 4.54. The average molecular weight is 321 g/mol. The molecular weight excluding hydrogens is 307 g/mol. The van der Waals surface area contributed by atoms with Gasteiger partial charge in [0.25, 0.3) is 0 Å². The highest BCUT2D eigenvalue weighted by molar-refractivity contribution is 6.35. The summed E-state index contributed by atoms with van der Waals surface area (Å²) in [7, 11) is 0. The van der Waals surface area contributed by atoms with Gasteiger partial charge in [-0.05, 0) is 31.2 Å². The molecule has 0 aliphatic carbocycles. The standard InChI is InChI=1S/C16H14Cl2N2O/c1-2-21-12-6-3-5-11(9-12)20-14-8-4-7-13(18)16(14)19-15(20)10-17/h3-9H,2,10H2,1H3. The summed E-state index contributed by atoms with van der Waals surface area (Å²) >= 11 is 12.3. The van der Waals surface area contributed by atoms with E-state index in [-0.39, 0.29) is 0 Å². The maximum atomic E-state index is 6.22. The van der Waals surface area contributed by atoms with E-state index in [4.69, 9.17) is 27.9 Å². The number of nitrogens with zero attached hydrogens (tertiary/aromatic N) is 2. The second-order valence-corrected chi connectivity index (χ2v) is 5.21. The third kappa shape index (κ3) is 2.59. The number of benzene rings is 2. The van der Waals surface area contributed by atoms with E-state index in [9.17, 15) is 0 Å². The molecule has 3 aromatic rings. The fourth-order valence-corrected chi connectivity index (χ4v) is 2.76. The third-order valence-corrected chi connectivity index (χ3v) is 3.76. The van der Waals surface area contributed by atoms with Crippen LogP contribution in [0.4, 0.5) is 0 Å². The quantitative estimate of drug-likeness (QED) is 0.644. The summed E-state index contributed by atoms with van der Waals surface area (Å²) in [6, 6.07) is 13.6. The normalized spacial score (nSPS) is 11.0. The molecule has 0 spiro atoms. The Morgan fingerprint density at radius 3 is 2.76 bits per heavy atom. The molecule has 5 heteroatoms. The number of ether oxygens (including phenoxy) is 1. The monoisotopic (exact) mass is 320 g/mol. The van der Waals surface area contributed by atoms with Crippen LogP contribution in [0.25, 0.3) is 16.7 Å². The van der Waals surface area contributed by atoms with Crippen LogP contribution in [0.2, 0.25) is 5.02 Å². The van der Waals surface area contributed by atoms with Crippen LogP contribution in [0.15, 0.2) is 42.5 Å². The predicted octanol–water partition coefficient (Wildman–Crippen LogP) is 4.82. The first-order chi connectivity index (χ1) is 10.2. The topological polar surface area (TPSA) is 27.1 Å². The van der Waals surface area contributed by atoms with Gasteiger partial charge in [-0.25, -0.2) is 4.98 Å². The molecule has 3 nitrogen and oxygen atoms in total. The van der Waals surface area contributed by atoms with Crippen molar-refractivity contribution in [2.75, 3.05) is 6.61 Å². The number of alkyl halides is 1. The summed E-state index contributed by atoms with van der Waals surface area (Å²) in [6.45, 7) is 2.59. The van der Waals surface area contributed by atoms with Crippen LogP contribution in [0.1, 0.15) is 12.7 Å². The number of hydrogen-bond acceptors (Lipinski definition) is 2.